The zero-order valence-corrected chi connectivity index (χ0v) is 15.6. The molecule has 8 heteroatoms. The topological polar surface area (TPSA) is 104 Å². The number of hydrazone groups is 1. The third-order valence-corrected chi connectivity index (χ3v) is 4.39. The standard InChI is InChI=1S/C20H21N5O3/c1-13(23-17(26)10-14-6-5-9-21-11-14)19(27)24-18-16-8-4-3-7-15(16)12-22-25(2)20(18)28/h3-9,11-13,18H,10H2,1-2H3,(H,23,26)(H,24,27)/t13-,18?/m0/s1. The van der Waals surface area contributed by atoms with Crippen molar-refractivity contribution in [1.82, 2.24) is 20.6 Å². The summed E-state index contributed by atoms with van der Waals surface area (Å²) in [5.74, 6) is -1.12. The van der Waals surface area contributed by atoms with Crippen molar-refractivity contribution in [2.45, 2.75) is 25.4 Å². The lowest BCUT2D eigenvalue weighted by Gasteiger charge is -2.22. The number of carbonyl (C=O) groups excluding carboxylic acids is 3. The van der Waals surface area contributed by atoms with Crippen molar-refractivity contribution in [2.24, 2.45) is 5.10 Å². The molecular weight excluding hydrogens is 358 g/mol. The average molecular weight is 379 g/mol. The van der Waals surface area contributed by atoms with Crippen molar-refractivity contribution in [3.8, 4) is 0 Å². The fraction of sp³-hybridized carbons (Fsp3) is 0.250. The van der Waals surface area contributed by atoms with Crippen LogP contribution in [-0.4, -0.2) is 47.0 Å². The molecule has 3 amide bonds. The Balaban J connectivity index is 1.67. The molecule has 2 heterocycles. The highest BCUT2D eigenvalue weighted by molar-refractivity contribution is 5.96. The molecule has 1 unspecified atom stereocenters. The van der Waals surface area contributed by atoms with Crippen molar-refractivity contribution < 1.29 is 14.4 Å². The van der Waals surface area contributed by atoms with E-state index in [-0.39, 0.29) is 18.2 Å². The summed E-state index contributed by atoms with van der Waals surface area (Å²) >= 11 is 0. The Bertz CT molecular complexity index is 913. The molecular formula is C20H21N5O3. The number of nitrogens with one attached hydrogen (secondary N) is 2. The Kier molecular flexibility index (Phi) is 5.78. The van der Waals surface area contributed by atoms with Gasteiger partial charge in [-0.2, -0.15) is 5.10 Å². The molecule has 0 bridgehead atoms. The van der Waals surface area contributed by atoms with Gasteiger partial charge in [0.25, 0.3) is 5.91 Å². The zero-order valence-electron chi connectivity index (χ0n) is 15.6. The van der Waals surface area contributed by atoms with Crippen molar-refractivity contribution >= 4 is 23.9 Å². The summed E-state index contributed by atoms with van der Waals surface area (Å²) < 4.78 is 0. The lowest BCUT2D eigenvalue weighted by atomic mass is 10.00. The fourth-order valence-electron chi connectivity index (χ4n) is 2.87. The number of pyridine rings is 1. The van der Waals surface area contributed by atoms with E-state index in [1.54, 1.807) is 49.8 Å². The molecule has 8 nitrogen and oxygen atoms in total. The van der Waals surface area contributed by atoms with Gasteiger partial charge in [-0.15, -0.1) is 0 Å². The summed E-state index contributed by atoms with van der Waals surface area (Å²) in [5.41, 5.74) is 2.15. The highest BCUT2D eigenvalue weighted by Crippen LogP contribution is 2.22. The van der Waals surface area contributed by atoms with Gasteiger partial charge in [-0.3, -0.25) is 19.4 Å². The van der Waals surface area contributed by atoms with Crippen LogP contribution in [-0.2, 0) is 20.8 Å². The Labute approximate surface area is 162 Å². The molecule has 0 radical (unpaired) electrons. The van der Waals surface area contributed by atoms with Crippen LogP contribution in [0.25, 0.3) is 0 Å². The molecule has 2 N–H and O–H groups in total. The molecule has 3 rings (SSSR count). The molecule has 0 fully saturated rings. The molecule has 1 aliphatic rings. The Hall–Kier alpha value is -3.55. The summed E-state index contributed by atoms with van der Waals surface area (Å²) in [7, 11) is 1.53. The first-order valence-corrected chi connectivity index (χ1v) is 8.85. The maximum absolute atomic E-state index is 12.6. The third kappa shape index (κ3) is 4.40. The van der Waals surface area contributed by atoms with Crippen LogP contribution in [0, 0.1) is 0 Å². The Morgan fingerprint density at radius 2 is 2.00 bits per heavy atom. The average Bonchev–Trinajstić information content (AvgIpc) is 2.81. The number of fused-ring (bicyclic) bond motifs is 1. The normalized spacial score (nSPS) is 16.7. The molecule has 144 valence electrons. The van der Waals surface area contributed by atoms with Gasteiger partial charge in [0.2, 0.25) is 11.8 Å². The lowest BCUT2D eigenvalue weighted by molar-refractivity contribution is -0.136. The minimum absolute atomic E-state index is 0.118. The van der Waals surface area contributed by atoms with Gasteiger partial charge in [0.05, 0.1) is 12.6 Å². The van der Waals surface area contributed by atoms with Gasteiger partial charge in [0, 0.05) is 25.0 Å². The van der Waals surface area contributed by atoms with E-state index >= 15 is 0 Å². The summed E-state index contributed by atoms with van der Waals surface area (Å²) in [5, 5.41) is 10.6. The number of hydrogen-bond donors (Lipinski definition) is 2. The van der Waals surface area contributed by atoms with E-state index in [4.69, 9.17) is 0 Å². The summed E-state index contributed by atoms with van der Waals surface area (Å²) in [6.45, 7) is 1.57. The van der Waals surface area contributed by atoms with Crippen LogP contribution >= 0.6 is 0 Å². The molecule has 1 aliphatic heterocycles. The van der Waals surface area contributed by atoms with Gasteiger partial charge in [-0.05, 0) is 24.1 Å². The highest BCUT2D eigenvalue weighted by Gasteiger charge is 2.30. The monoisotopic (exact) mass is 379 g/mol. The van der Waals surface area contributed by atoms with Crippen LogP contribution in [0.2, 0.25) is 0 Å². The second-order valence-corrected chi connectivity index (χ2v) is 6.50. The van der Waals surface area contributed by atoms with Gasteiger partial charge in [0.1, 0.15) is 12.1 Å². The van der Waals surface area contributed by atoms with E-state index in [2.05, 4.69) is 20.7 Å². The fourth-order valence-corrected chi connectivity index (χ4v) is 2.87. The number of aromatic nitrogens is 1. The van der Waals surface area contributed by atoms with Crippen LogP contribution in [0.1, 0.15) is 29.7 Å². The van der Waals surface area contributed by atoms with Crippen molar-refractivity contribution in [2.75, 3.05) is 7.05 Å². The quantitative estimate of drug-likeness (QED) is 0.802. The number of amides is 3. The lowest BCUT2D eigenvalue weighted by Crippen LogP contribution is -2.48. The molecule has 28 heavy (non-hydrogen) atoms. The summed E-state index contributed by atoms with van der Waals surface area (Å²) in [6, 6.07) is 9.07. The van der Waals surface area contributed by atoms with Gasteiger partial charge in [-0.1, -0.05) is 30.3 Å². The molecule has 0 spiro atoms. The van der Waals surface area contributed by atoms with E-state index in [1.165, 1.54) is 12.1 Å². The summed E-state index contributed by atoms with van der Waals surface area (Å²) in [4.78, 5) is 41.4. The highest BCUT2D eigenvalue weighted by atomic mass is 16.2. The first-order valence-electron chi connectivity index (χ1n) is 8.85. The van der Waals surface area contributed by atoms with Crippen LogP contribution in [0.15, 0.2) is 53.9 Å². The molecule has 1 aromatic heterocycles. The van der Waals surface area contributed by atoms with Gasteiger partial charge >= 0.3 is 0 Å². The second kappa shape index (κ2) is 8.43. The third-order valence-electron chi connectivity index (χ3n) is 4.39. The number of rotatable bonds is 5. The Morgan fingerprint density at radius 3 is 2.75 bits per heavy atom. The summed E-state index contributed by atoms with van der Waals surface area (Å²) in [6.07, 6.45) is 4.92. The molecule has 1 aromatic carbocycles. The van der Waals surface area contributed by atoms with E-state index in [1.807, 2.05) is 12.1 Å². The smallest absolute Gasteiger partial charge is 0.269 e. The van der Waals surface area contributed by atoms with Crippen LogP contribution in [0.4, 0.5) is 0 Å². The van der Waals surface area contributed by atoms with Gasteiger partial charge in [-0.25, -0.2) is 5.01 Å². The van der Waals surface area contributed by atoms with E-state index in [0.29, 0.717) is 5.56 Å². The molecule has 2 atom stereocenters. The molecule has 0 saturated heterocycles. The number of nitrogens with zero attached hydrogens (tertiary/aromatic N) is 3. The van der Waals surface area contributed by atoms with E-state index in [9.17, 15) is 14.4 Å². The zero-order chi connectivity index (χ0) is 20.1. The van der Waals surface area contributed by atoms with Crippen molar-refractivity contribution in [3.63, 3.8) is 0 Å². The van der Waals surface area contributed by atoms with Gasteiger partial charge in [0.15, 0.2) is 0 Å². The van der Waals surface area contributed by atoms with Gasteiger partial charge < -0.3 is 10.6 Å². The number of likely N-dealkylation sites (N-methyl/N-ethyl adjacent to an activating group) is 1. The minimum atomic E-state index is -0.881. The number of hydrogen-bond acceptors (Lipinski definition) is 5. The predicted molar refractivity (Wildman–Crippen MR) is 103 cm³/mol. The van der Waals surface area contributed by atoms with Crippen molar-refractivity contribution in [1.29, 1.82) is 0 Å². The Morgan fingerprint density at radius 1 is 1.21 bits per heavy atom. The number of carbonyl (C=O) groups is 3. The van der Waals surface area contributed by atoms with Crippen LogP contribution in [0.3, 0.4) is 0 Å². The van der Waals surface area contributed by atoms with E-state index < -0.39 is 18.0 Å². The molecule has 0 saturated carbocycles. The first-order chi connectivity index (χ1) is 13.5. The van der Waals surface area contributed by atoms with Crippen LogP contribution in [0.5, 0.6) is 0 Å². The molecule has 0 aliphatic carbocycles. The largest absolute Gasteiger partial charge is 0.344 e. The predicted octanol–water partition coefficient (Wildman–Crippen LogP) is 0.792. The van der Waals surface area contributed by atoms with Crippen LogP contribution < -0.4 is 10.6 Å². The van der Waals surface area contributed by atoms with Crippen molar-refractivity contribution in [3.05, 3.63) is 65.5 Å². The van der Waals surface area contributed by atoms with E-state index in [0.717, 1.165) is 11.1 Å². The second-order valence-electron chi connectivity index (χ2n) is 6.50. The maximum atomic E-state index is 12.6. The molecule has 2 aromatic rings. The SMILES string of the molecule is C[C@H](NC(=O)Cc1cccnc1)C(=O)NC1C(=O)N(C)N=Cc2ccccc21. The maximum Gasteiger partial charge on any atom is 0.269 e. The number of benzene rings is 1. The first kappa shape index (κ1) is 19.2. The minimum Gasteiger partial charge on any atom is -0.344 e.